The van der Waals surface area contributed by atoms with Crippen LogP contribution in [0.3, 0.4) is 0 Å². The lowest BCUT2D eigenvalue weighted by Gasteiger charge is -2.24. The topological polar surface area (TPSA) is 29.3 Å². The predicted molar refractivity (Wildman–Crippen MR) is 91.9 cm³/mol. The first-order valence-corrected chi connectivity index (χ1v) is 7.63. The molecule has 0 bridgehead atoms. The Labute approximate surface area is 128 Å². The highest BCUT2D eigenvalue weighted by Gasteiger charge is 2.09. The Bertz CT molecular complexity index is 543. The van der Waals surface area contributed by atoms with Gasteiger partial charge in [-0.25, -0.2) is 0 Å². The van der Waals surface area contributed by atoms with Crippen LogP contribution in [0, 0.1) is 13.8 Å². The first-order valence-electron chi connectivity index (χ1n) is 7.63. The molecular formula is C19H26N2. The maximum atomic E-state index is 6.29. The smallest absolute Gasteiger partial charge is 0.0369 e. The van der Waals surface area contributed by atoms with Gasteiger partial charge in [0.25, 0.3) is 0 Å². The molecular weight excluding hydrogens is 256 g/mol. The van der Waals surface area contributed by atoms with Crippen molar-refractivity contribution in [2.24, 2.45) is 5.73 Å². The average molecular weight is 282 g/mol. The van der Waals surface area contributed by atoms with Crippen molar-refractivity contribution >= 4 is 5.69 Å². The number of hydrogen-bond donors (Lipinski definition) is 1. The molecule has 112 valence electrons. The van der Waals surface area contributed by atoms with Gasteiger partial charge >= 0.3 is 0 Å². The molecule has 0 saturated carbocycles. The summed E-state index contributed by atoms with van der Waals surface area (Å²) in [6.45, 7) is 5.16. The summed E-state index contributed by atoms with van der Waals surface area (Å²) in [6.07, 6.45) is 2.06. The van der Waals surface area contributed by atoms with Crippen LogP contribution in [-0.2, 0) is 6.42 Å². The van der Waals surface area contributed by atoms with E-state index in [0.717, 1.165) is 19.4 Å². The van der Waals surface area contributed by atoms with E-state index in [9.17, 15) is 0 Å². The third-order valence-corrected chi connectivity index (χ3v) is 3.80. The zero-order valence-electron chi connectivity index (χ0n) is 13.3. The van der Waals surface area contributed by atoms with E-state index >= 15 is 0 Å². The van der Waals surface area contributed by atoms with Crippen molar-refractivity contribution in [1.29, 1.82) is 0 Å². The van der Waals surface area contributed by atoms with E-state index in [1.165, 1.54) is 22.4 Å². The zero-order chi connectivity index (χ0) is 15.2. The third kappa shape index (κ3) is 4.91. The van der Waals surface area contributed by atoms with Crippen LogP contribution in [0.2, 0.25) is 0 Å². The standard InChI is InChI=1S/C19H26N2/c1-15-11-16(2)13-19(12-15)21(3)14-18(20)10-9-17-7-5-4-6-8-17/h4-8,11-13,18H,9-10,14,20H2,1-3H3. The van der Waals surface area contributed by atoms with Gasteiger partial charge in [0.15, 0.2) is 0 Å². The summed E-state index contributed by atoms with van der Waals surface area (Å²) in [5.41, 5.74) is 11.5. The molecule has 0 heterocycles. The van der Waals surface area contributed by atoms with Crippen LogP contribution in [0.1, 0.15) is 23.1 Å². The van der Waals surface area contributed by atoms with Crippen molar-refractivity contribution in [2.75, 3.05) is 18.5 Å². The van der Waals surface area contributed by atoms with E-state index in [-0.39, 0.29) is 6.04 Å². The van der Waals surface area contributed by atoms with Gasteiger partial charge in [0.2, 0.25) is 0 Å². The van der Waals surface area contributed by atoms with Gasteiger partial charge in [0, 0.05) is 25.3 Å². The van der Waals surface area contributed by atoms with Crippen LogP contribution in [0.4, 0.5) is 5.69 Å². The molecule has 2 aromatic rings. The predicted octanol–water partition coefficient (Wildman–Crippen LogP) is 3.70. The van der Waals surface area contributed by atoms with Crippen molar-refractivity contribution in [3.05, 3.63) is 65.2 Å². The molecule has 2 rings (SSSR count). The van der Waals surface area contributed by atoms with Crippen LogP contribution < -0.4 is 10.6 Å². The quantitative estimate of drug-likeness (QED) is 0.875. The normalized spacial score (nSPS) is 12.2. The lowest BCUT2D eigenvalue weighted by molar-refractivity contribution is 0.607. The van der Waals surface area contributed by atoms with Crippen LogP contribution >= 0.6 is 0 Å². The van der Waals surface area contributed by atoms with Crippen molar-refractivity contribution in [2.45, 2.75) is 32.7 Å². The summed E-state index contributed by atoms with van der Waals surface area (Å²) in [5, 5.41) is 0. The number of benzene rings is 2. The number of aryl methyl sites for hydroxylation is 3. The molecule has 0 aliphatic carbocycles. The van der Waals surface area contributed by atoms with Crippen molar-refractivity contribution < 1.29 is 0 Å². The number of rotatable bonds is 6. The van der Waals surface area contributed by atoms with Gasteiger partial charge in [-0.05, 0) is 55.5 Å². The molecule has 1 unspecified atom stereocenters. The largest absolute Gasteiger partial charge is 0.373 e. The molecule has 2 heteroatoms. The van der Waals surface area contributed by atoms with Gasteiger partial charge in [-0.3, -0.25) is 0 Å². The van der Waals surface area contributed by atoms with E-state index in [2.05, 4.69) is 74.3 Å². The Morgan fingerprint density at radius 1 is 1.00 bits per heavy atom. The molecule has 0 amide bonds. The Hall–Kier alpha value is -1.80. The third-order valence-electron chi connectivity index (χ3n) is 3.80. The summed E-state index contributed by atoms with van der Waals surface area (Å²) >= 11 is 0. The molecule has 0 saturated heterocycles. The van der Waals surface area contributed by atoms with Crippen molar-refractivity contribution in [1.82, 2.24) is 0 Å². The molecule has 0 aromatic heterocycles. The fraction of sp³-hybridized carbons (Fsp3) is 0.368. The molecule has 21 heavy (non-hydrogen) atoms. The first-order chi connectivity index (χ1) is 10.0. The maximum absolute atomic E-state index is 6.29. The molecule has 0 aliphatic heterocycles. The highest BCUT2D eigenvalue weighted by Crippen LogP contribution is 2.18. The van der Waals surface area contributed by atoms with Gasteiger partial charge in [0.1, 0.15) is 0 Å². The van der Waals surface area contributed by atoms with Crippen molar-refractivity contribution in [3.63, 3.8) is 0 Å². The highest BCUT2D eigenvalue weighted by molar-refractivity contribution is 5.50. The van der Waals surface area contributed by atoms with E-state index in [1.807, 2.05) is 0 Å². The van der Waals surface area contributed by atoms with Gasteiger partial charge in [-0.2, -0.15) is 0 Å². The van der Waals surface area contributed by atoms with Crippen LogP contribution in [0.5, 0.6) is 0 Å². The van der Waals surface area contributed by atoms with E-state index in [4.69, 9.17) is 5.73 Å². The summed E-state index contributed by atoms with van der Waals surface area (Å²) in [7, 11) is 2.12. The van der Waals surface area contributed by atoms with E-state index in [0.29, 0.717) is 0 Å². The van der Waals surface area contributed by atoms with Gasteiger partial charge < -0.3 is 10.6 Å². The summed E-state index contributed by atoms with van der Waals surface area (Å²) in [6, 6.07) is 17.4. The minimum atomic E-state index is 0.191. The van der Waals surface area contributed by atoms with Gasteiger partial charge in [-0.1, -0.05) is 36.4 Å². The average Bonchev–Trinajstić information content (AvgIpc) is 2.45. The van der Waals surface area contributed by atoms with Crippen LogP contribution in [0.15, 0.2) is 48.5 Å². The molecule has 2 nitrogen and oxygen atoms in total. The second kappa shape index (κ2) is 7.28. The number of anilines is 1. The number of likely N-dealkylation sites (N-methyl/N-ethyl adjacent to an activating group) is 1. The molecule has 2 N–H and O–H groups in total. The highest BCUT2D eigenvalue weighted by atomic mass is 15.1. The molecule has 0 fully saturated rings. The van der Waals surface area contributed by atoms with E-state index < -0.39 is 0 Å². The fourth-order valence-electron chi connectivity index (χ4n) is 2.72. The number of hydrogen-bond acceptors (Lipinski definition) is 2. The Kier molecular flexibility index (Phi) is 5.40. The van der Waals surface area contributed by atoms with Crippen LogP contribution in [0.25, 0.3) is 0 Å². The molecule has 2 aromatic carbocycles. The lowest BCUT2D eigenvalue weighted by atomic mass is 10.0. The monoisotopic (exact) mass is 282 g/mol. The molecule has 0 aliphatic rings. The van der Waals surface area contributed by atoms with E-state index in [1.54, 1.807) is 0 Å². The number of nitrogens with zero attached hydrogens (tertiary/aromatic N) is 1. The second-order valence-corrected chi connectivity index (χ2v) is 6.01. The van der Waals surface area contributed by atoms with Crippen molar-refractivity contribution in [3.8, 4) is 0 Å². The molecule has 1 atom stereocenters. The second-order valence-electron chi connectivity index (χ2n) is 6.01. The fourth-order valence-corrected chi connectivity index (χ4v) is 2.72. The maximum Gasteiger partial charge on any atom is 0.0369 e. The zero-order valence-corrected chi connectivity index (χ0v) is 13.3. The van der Waals surface area contributed by atoms with Crippen LogP contribution in [-0.4, -0.2) is 19.6 Å². The summed E-state index contributed by atoms with van der Waals surface area (Å²) in [4.78, 5) is 2.26. The molecule has 0 radical (unpaired) electrons. The SMILES string of the molecule is Cc1cc(C)cc(N(C)CC(N)CCc2ccccc2)c1. The van der Waals surface area contributed by atoms with Gasteiger partial charge in [-0.15, -0.1) is 0 Å². The Balaban J connectivity index is 1.88. The lowest BCUT2D eigenvalue weighted by Crippen LogP contribution is -2.35. The summed E-state index contributed by atoms with van der Waals surface area (Å²) < 4.78 is 0. The first kappa shape index (κ1) is 15.6. The minimum absolute atomic E-state index is 0.191. The Morgan fingerprint density at radius 3 is 2.24 bits per heavy atom. The number of nitrogens with two attached hydrogens (primary N) is 1. The van der Waals surface area contributed by atoms with Gasteiger partial charge in [0.05, 0.1) is 0 Å². The minimum Gasteiger partial charge on any atom is -0.373 e. The summed E-state index contributed by atoms with van der Waals surface area (Å²) in [5.74, 6) is 0. The molecule has 0 spiro atoms. The Morgan fingerprint density at radius 2 is 1.62 bits per heavy atom.